The zero-order chi connectivity index (χ0) is 57.2. The van der Waals surface area contributed by atoms with Crippen LogP contribution in [-0.2, 0) is 67.3 Å². The van der Waals surface area contributed by atoms with Gasteiger partial charge in [-0.05, 0) is 24.3 Å². The van der Waals surface area contributed by atoms with E-state index in [1.165, 1.54) is 47.0 Å². The number of hydrogen-bond donors (Lipinski definition) is 14. The molecule has 0 aliphatic carbocycles. The van der Waals surface area contributed by atoms with Crippen LogP contribution >= 0.6 is 0 Å². The molecule has 27 nitrogen and oxygen atoms in total. The number of benzene rings is 4. The minimum absolute atomic E-state index is 0.0676. The van der Waals surface area contributed by atoms with Gasteiger partial charge in [-0.2, -0.15) is 0 Å². The molecule has 4 fully saturated rings. The van der Waals surface area contributed by atoms with Crippen LogP contribution in [0, 0.1) is 11.6 Å². The molecule has 10 rings (SSSR count). The predicted molar refractivity (Wildman–Crippen MR) is 255 cm³/mol. The van der Waals surface area contributed by atoms with Gasteiger partial charge in [0, 0.05) is 84.9 Å². The Labute approximate surface area is 444 Å². The number of aliphatic hydroxyl groups is 11. The molecule has 0 bridgehead atoms. The third-order valence-corrected chi connectivity index (χ3v) is 14.5. The number of imide groups is 2. The second-order valence-corrected chi connectivity index (χ2v) is 19.3. The van der Waals surface area contributed by atoms with Crippen LogP contribution in [0.5, 0.6) is 5.75 Å². The smallest absolute Gasteiger partial charge is 0.306 e. The van der Waals surface area contributed by atoms with Crippen LogP contribution in [-0.4, -0.2) is 199 Å². The molecule has 4 aromatic carbocycles. The van der Waals surface area contributed by atoms with Gasteiger partial charge in [0.15, 0.2) is 6.04 Å². The molecule has 4 saturated heterocycles. The van der Waals surface area contributed by atoms with Crippen molar-refractivity contribution in [3.05, 3.63) is 129 Å². The lowest BCUT2D eigenvalue weighted by Gasteiger charge is -2.50. The topological polar surface area (TPSA) is 402 Å². The summed E-state index contributed by atoms with van der Waals surface area (Å²) in [6.45, 7) is 4.58. The fourth-order valence-corrected chi connectivity index (χ4v) is 9.99. The Bertz CT molecular complexity index is 3130. The van der Waals surface area contributed by atoms with Gasteiger partial charge in [-0.3, -0.25) is 59.0 Å². The van der Waals surface area contributed by atoms with Gasteiger partial charge in [0.05, 0.1) is 44.1 Å². The Balaban J connectivity index is 0.000000192. The molecule has 0 spiro atoms. The van der Waals surface area contributed by atoms with Gasteiger partial charge in [-0.1, -0.05) is 48.5 Å². The standard InChI is InChI=1S/C25H27FN4O10.C25H26FN3O10/c26-18-13(3-1-4-14(18)12-29-7-9-40-10-8-29)11-27-16-6-2-5-15-17(16)25(38,39)30(21(15)32)19-20(31)28-22(33)24(36,37)23(19,34)35;26-19-14(11-28-7-9-38-10-8-28)3-1-4-15(19)13-39-18-6-2-5-16-17(18)12-29(20(16)30)23(33)21(31)27-22(32)24(34,35)25(23,36)37/h1-6,19,27,34-39H,7-12H2,(H,28,31,33);1-6,33-37H,7-13H2,(H,27,31,32). The van der Waals surface area contributed by atoms with Crippen LogP contribution < -0.4 is 20.7 Å². The number of carbonyl (C=O) groups excluding carboxylic acids is 6. The molecule has 79 heavy (non-hydrogen) atoms. The number of nitrogens with one attached hydrogen (secondary N) is 3. The first kappa shape index (κ1) is 56.7. The van der Waals surface area contributed by atoms with Crippen molar-refractivity contribution in [2.45, 2.75) is 73.6 Å². The van der Waals surface area contributed by atoms with Crippen LogP contribution in [0.25, 0.3) is 0 Å². The molecule has 0 aromatic heterocycles. The lowest BCUT2D eigenvalue weighted by molar-refractivity contribution is -0.407. The zero-order valence-corrected chi connectivity index (χ0v) is 41.3. The van der Waals surface area contributed by atoms with Crippen LogP contribution in [0.2, 0.25) is 0 Å². The van der Waals surface area contributed by atoms with E-state index in [4.69, 9.17) is 14.2 Å². The zero-order valence-electron chi connectivity index (χ0n) is 41.3. The van der Waals surface area contributed by atoms with Gasteiger partial charge in [0.2, 0.25) is 0 Å². The predicted octanol–water partition coefficient (Wildman–Crippen LogP) is -4.89. The summed E-state index contributed by atoms with van der Waals surface area (Å²) in [6.07, 6.45) is 0. The molecule has 4 aromatic rings. The summed E-state index contributed by atoms with van der Waals surface area (Å²) in [6, 6.07) is 15.0. The Kier molecular flexibility index (Phi) is 15.0. The first-order valence-electron chi connectivity index (χ1n) is 24.3. The van der Waals surface area contributed by atoms with Gasteiger partial charge in [-0.25, -0.2) is 8.78 Å². The number of hydrogen-bond acceptors (Lipinski definition) is 23. The minimum atomic E-state index is -4.21. The van der Waals surface area contributed by atoms with E-state index in [1.54, 1.807) is 30.3 Å². The third-order valence-electron chi connectivity index (χ3n) is 14.5. The van der Waals surface area contributed by atoms with Crippen LogP contribution in [0.3, 0.4) is 0 Å². The van der Waals surface area contributed by atoms with E-state index in [-0.39, 0.29) is 56.6 Å². The Morgan fingerprint density at radius 3 is 1.73 bits per heavy atom. The molecule has 6 aliphatic rings. The van der Waals surface area contributed by atoms with Crippen molar-refractivity contribution in [3.63, 3.8) is 0 Å². The molecule has 6 heterocycles. The third kappa shape index (κ3) is 9.55. The summed E-state index contributed by atoms with van der Waals surface area (Å²) < 4.78 is 47.0. The van der Waals surface area contributed by atoms with E-state index in [0.29, 0.717) is 76.8 Å². The Morgan fingerprint density at radius 1 is 0.608 bits per heavy atom. The van der Waals surface area contributed by atoms with E-state index in [2.05, 4.69) is 10.2 Å². The maximum atomic E-state index is 15.3. The number of halogens is 2. The van der Waals surface area contributed by atoms with E-state index in [1.807, 2.05) is 4.90 Å². The normalized spacial score (nSPS) is 24.0. The summed E-state index contributed by atoms with van der Waals surface area (Å²) >= 11 is 0. The second kappa shape index (κ2) is 20.9. The number of nitrogens with zero attached hydrogens (tertiary/aromatic N) is 4. The number of ether oxygens (including phenoxy) is 3. The molecule has 6 amide bonds. The van der Waals surface area contributed by atoms with E-state index in [0.717, 1.165) is 6.07 Å². The van der Waals surface area contributed by atoms with Gasteiger partial charge in [0.1, 0.15) is 24.0 Å². The summed E-state index contributed by atoms with van der Waals surface area (Å²) in [5.41, 5.74) is -3.31. The van der Waals surface area contributed by atoms with Crippen molar-refractivity contribution in [3.8, 4) is 5.75 Å². The summed E-state index contributed by atoms with van der Waals surface area (Å²) in [7, 11) is 0. The lowest BCUT2D eigenvalue weighted by Crippen LogP contribution is -2.85. The Hall–Kier alpha value is -7.04. The van der Waals surface area contributed by atoms with Crippen molar-refractivity contribution in [2.24, 2.45) is 0 Å². The number of rotatable bonds is 12. The van der Waals surface area contributed by atoms with Gasteiger partial charge in [0.25, 0.3) is 58.7 Å². The SMILES string of the molecule is O=C1NC(=O)C(O)(O)C(O)(O)C1N1C(=O)c2cccc(NCc3cccc(CN4CCOCC4)c3F)c2C1(O)O.O=C1c2cccc(OCc3cccc(CN4CCOCC4)c3F)c2CN1C1(O)C(=O)NC(=O)C(O)(O)C1(O)O. The van der Waals surface area contributed by atoms with Crippen LogP contribution in [0.4, 0.5) is 14.5 Å². The number of anilines is 1. The number of carbonyl (C=O) groups is 6. The highest BCUT2D eigenvalue weighted by Crippen LogP contribution is 2.46. The van der Waals surface area contributed by atoms with Gasteiger partial charge < -0.3 is 75.7 Å². The highest BCUT2D eigenvalue weighted by atomic mass is 19.1. The van der Waals surface area contributed by atoms with E-state index < -0.39 is 106 Å². The molecule has 422 valence electrons. The molecule has 6 aliphatic heterocycles. The van der Waals surface area contributed by atoms with E-state index >= 15 is 8.78 Å². The summed E-state index contributed by atoms with van der Waals surface area (Å²) in [5.74, 6) is -30.2. The highest BCUT2D eigenvalue weighted by Gasteiger charge is 2.76. The van der Waals surface area contributed by atoms with E-state index in [9.17, 15) is 84.9 Å². The lowest BCUT2D eigenvalue weighted by atomic mass is 9.86. The number of fused-ring (bicyclic) bond motifs is 2. The molecular formula is C50H53F2N7O20. The number of amides is 6. The quantitative estimate of drug-likeness (QED) is 0.0467. The first-order valence-corrected chi connectivity index (χ1v) is 24.3. The van der Waals surface area contributed by atoms with Gasteiger partial charge >= 0.3 is 11.6 Å². The average molecular weight is 1110 g/mol. The van der Waals surface area contributed by atoms with Crippen LogP contribution in [0.15, 0.2) is 72.8 Å². The minimum Gasteiger partial charge on any atom is -0.488 e. The summed E-state index contributed by atoms with van der Waals surface area (Å²) in [4.78, 5) is 79.2. The number of morpholine rings is 2. The maximum Gasteiger partial charge on any atom is 0.306 e. The number of piperidine rings is 2. The fraction of sp³-hybridized carbons (Fsp3) is 0.400. The molecule has 0 saturated carbocycles. The van der Waals surface area contributed by atoms with Crippen LogP contribution in [0.1, 0.15) is 54.1 Å². The molecular weight excluding hydrogens is 1060 g/mol. The van der Waals surface area contributed by atoms with Gasteiger partial charge in [-0.15, -0.1) is 0 Å². The monoisotopic (exact) mass is 1110 g/mol. The largest absolute Gasteiger partial charge is 0.488 e. The van der Waals surface area contributed by atoms with Crippen molar-refractivity contribution >= 4 is 41.1 Å². The van der Waals surface area contributed by atoms with Crippen molar-refractivity contribution in [1.82, 2.24) is 30.2 Å². The second-order valence-electron chi connectivity index (χ2n) is 19.3. The summed E-state index contributed by atoms with van der Waals surface area (Å²) in [5, 5.41) is 120. The molecule has 2 unspecified atom stereocenters. The molecule has 2 atom stereocenters. The molecule has 29 heteroatoms. The van der Waals surface area contributed by atoms with Crippen molar-refractivity contribution in [2.75, 3.05) is 57.9 Å². The highest BCUT2D eigenvalue weighted by molar-refractivity contribution is 6.11. The Morgan fingerprint density at radius 2 is 1.13 bits per heavy atom. The maximum absolute atomic E-state index is 15.3. The first-order chi connectivity index (χ1) is 37.2. The average Bonchev–Trinajstić information content (AvgIpc) is 4.13. The van der Waals surface area contributed by atoms with Crippen molar-refractivity contribution < 1.29 is 108 Å². The van der Waals surface area contributed by atoms with Crippen molar-refractivity contribution in [1.29, 1.82) is 0 Å². The molecule has 14 N–H and O–H groups in total. The molecule has 0 radical (unpaired) electrons. The fourth-order valence-electron chi connectivity index (χ4n) is 9.99.